The molecule has 0 heterocycles. The van der Waals surface area contributed by atoms with E-state index in [1.807, 2.05) is 45.0 Å². The van der Waals surface area contributed by atoms with Crippen LogP contribution >= 0.6 is 0 Å². The molecule has 3 rings (SSSR count). The van der Waals surface area contributed by atoms with Crippen molar-refractivity contribution < 1.29 is 9.53 Å². The van der Waals surface area contributed by atoms with E-state index >= 15 is 0 Å². The van der Waals surface area contributed by atoms with Gasteiger partial charge in [0.15, 0.2) is 0 Å². The average Bonchev–Trinajstić information content (AvgIpc) is 2.47. The number of nitrogens with two attached hydrogens (primary N) is 1. The van der Waals surface area contributed by atoms with E-state index < -0.39 is 0 Å². The standard InChI is InChI=1S/C20H30N2O2/c1-20(2,3)24-17-9-7-16(8-10-17)22-19(23)15-11-13-5-4-6-14(12-15)18(13)21/h7-10,13-15,18H,4-6,11-12,21H2,1-3H3,(H,22,23). The van der Waals surface area contributed by atoms with Crippen molar-refractivity contribution in [2.45, 2.75) is 64.5 Å². The van der Waals surface area contributed by atoms with E-state index in [1.54, 1.807) is 0 Å². The summed E-state index contributed by atoms with van der Waals surface area (Å²) in [5.41, 5.74) is 6.94. The Morgan fingerprint density at radius 3 is 2.25 bits per heavy atom. The second kappa shape index (κ2) is 6.75. The molecule has 0 spiro atoms. The van der Waals surface area contributed by atoms with Gasteiger partial charge in [0.1, 0.15) is 11.4 Å². The minimum atomic E-state index is -0.219. The number of rotatable bonds is 3. The molecule has 0 aromatic heterocycles. The van der Waals surface area contributed by atoms with Crippen molar-refractivity contribution in [3.05, 3.63) is 24.3 Å². The molecule has 2 aliphatic carbocycles. The van der Waals surface area contributed by atoms with Gasteiger partial charge >= 0.3 is 0 Å². The highest BCUT2D eigenvalue weighted by Gasteiger charge is 2.40. The Morgan fingerprint density at radius 2 is 1.71 bits per heavy atom. The Morgan fingerprint density at radius 1 is 1.12 bits per heavy atom. The molecule has 132 valence electrons. The lowest BCUT2D eigenvalue weighted by Gasteiger charge is -2.43. The van der Waals surface area contributed by atoms with Gasteiger partial charge in [-0.25, -0.2) is 0 Å². The summed E-state index contributed by atoms with van der Waals surface area (Å²) in [6, 6.07) is 7.94. The molecule has 4 heteroatoms. The molecule has 2 bridgehead atoms. The van der Waals surface area contributed by atoms with Gasteiger partial charge in [0, 0.05) is 17.6 Å². The van der Waals surface area contributed by atoms with Gasteiger partial charge in [0.2, 0.25) is 5.91 Å². The quantitative estimate of drug-likeness (QED) is 0.882. The lowest BCUT2D eigenvalue weighted by atomic mass is 9.65. The third-order valence-electron chi connectivity index (χ3n) is 5.33. The number of hydrogen-bond donors (Lipinski definition) is 2. The van der Waals surface area contributed by atoms with Crippen molar-refractivity contribution >= 4 is 11.6 Å². The molecule has 2 atom stereocenters. The maximum Gasteiger partial charge on any atom is 0.227 e. The van der Waals surface area contributed by atoms with Crippen LogP contribution in [0.4, 0.5) is 5.69 Å². The molecule has 2 unspecified atom stereocenters. The summed E-state index contributed by atoms with van der Waals surface area (Å²) in [4.78, 5) is 12.6. The lowest BCUT2D eigenvalue weighted by molar-refractivity contribution is -0.122. The van der Waals surface area contributed by atoms with Crippen LogP contribution < -0.4 is 15.8 Å². The van der Waals surface area contributed by atoms with Crippen LogP contribution in [-0.4, -0.2) is 17.6 Å². The van der Waals surface area contributed by atoms with E-state index in [4.69, 9.17) is 10.5 Å². The van der Waals surface area contributed by atoms with Crippen molar-refractivity contribution in [1.29, 1.82) is 0 Å². The molecule has 3 N–H and O–H groups in total. The van der Waals surface area contributed by atoms with Gasteiger partial charge in [-0.15, -0.1) is 0 Å². The minimum absolute atomic E-state index is 0.102. The molecule has 4 nitrogen and oxygen atoms in total. The van der Waals surface area contributed by atoms with Crippen molar-refractivity contribution in [3.63, 3.8) is 0 Å². The number of amides is 1. The molecule has 1 aromatic carbocycles. The first-order valence-electron chi connectivity index (χ1n) is 9.17. The predicted octanol–water partition coefficient (Wildman–Crippen LogP) is 3.96. The number of nitrogens with one attached hydrogen (secondary N) is 1. The maximum absolute atomic E-state index is 12.6. The highest BCUT2D eigenvalue weighted by Crippen LogP contribution is 2.42. The van der Waals surface area contributed by atoms with Crippen LogP contribution in [0.25, 0.3) is 0 Å². The summed E-state index contributed by atoms with van der Waals surface area (Å²) >= 11 is 0. The van der Waals surface area contributed by atoms with E-state index in [1.165, 1.54) is 19.3 Å². The summed E-state index contributed by atoms with van der Waals surface area (Å²) in [6.07, 6.45) is 5.51. The van der Waals surface area contributed by atoms with Crippen molar-refractivity contribution in [2.24, 2.45) is 23.5 Å². The van der Waals surface area contributed by atoms with Gasteiger partial charge in [-0.3, -0.25) is 4.79 Å². The molecule has 0 aliphatic heterocycles. The van der Waals surface area contributed by atoms with Gasteiger partial charge in [0.25, 0.3) is 0 Å². The van der Waals surface area contributed by atoms with Crippen LogP contribution in [-0.2, 0) is 4.79 Å². The molecule has 24 heavy (non-hydrogen) atoms. The van der Waals surface area contributed by atoms with E-state index in [0.717, 1.165) is 24.3 Å². The summed E-state index contributed by atoms with van der Waals surface area (Å²) in [7, 11) is 0. The van der Waals surface area contributed by atoms with E-state index in [0.29, 0.717) is 17.9 Å². The Labute approximate surface area is 145 Å². The molecule has 0 radical (unpaired) electrons. The summed E-state index contributed by atoms with van der Waals surface area (Å²) in [5, 5.41) is 3.07. The average molecular weight is 330 g/mol. The Kier molecular flexibility index (Phi) is 4.86. The molecule has 2 aliphatic rings. The summed E-state index contributed by atoms with van der Waals surface area (Å²) in [5.74, 6) is 2.11. The van der Waals surface area contributed by atoms with Crippen LogP contribution in [0.5, 0.6) is 5.75 Å². The van der Waals surface area contributed by atoms with Crippen LogP contribution in [0.15, 0.2) is 24.3 Å². The Hall–Kier alpha value is -1.55. The number of carbonyl (C=O) groups excluding carboxylic acids is 1. The number of ether oxygens (including phenoxy) is 1. The zero-order valence-electron chi connectivity index (χ0n) is 15.0. The second-order valence-electron chi connectivity index (χ2n) is 8.42. The molecule has 2 fully saturated rings. The fourth-order valence-electron chi connectivity index (χ4n) is 4.21. The lowest BCUT2D eigenvalue weighted by Crippen LogP contribution is -2.48. The van der Waals surface area contributed by atoms with Gasteiger partial charge in [-0.1, -0.05) is 6.42 Å². The number of hydrogen-bond acceptors (Lipinski definition) is 3. The van der Waals surface area contributed by atoms with E-state index in [9.17, 15) is 4.79 Å². The third-order valence-corrected chi connectivity index (χ3v) is 5.33. The van der Waals surface area contributed by atoms with Crippen LogP contribution in [0.3, 0.4) is 0 Å². The van der Waals surface area contributed by atoms with Crippen molar-refractivity contribution in [2.75, 3.05) is 5.32 Å². The molecular formula is C20H30N2O2. The van der Waals surface area contributed by atoms with Gasteiger partial charge in [0.05, 0.1) is 0 Å². The van der Waals surface area contributed by atoms with Crippen LogP contribution in [0.2, 0.25) is 0 Å². The number of benzene rings is 1. The fraction of sp³-hybridized carbons (Fsp3) is 0.650. The predicted molar refractivity (Wildman–Crippen MR) is 97.0 cm³/mol. The summed E-state index contributed by atoms with van der Waals surface area (Å²) < 4.78 is 5.81. The minimum Gasteiger partial charge on any atom is -0.488 e. The second-order valence-corrected chi connectivity index (χ2v) is 8.42. The fourth-order valence-corrected chi connectivity index (χ4v) is 4.21. The largest absolute Gasteiger partial charge is 0.488 e. The van der Waals surface area contributed by atoms with Crippen molar-refractivity contribution in [1.82, 2.24) is 0 Å². The number of fused-ring (bicyclic) bond motifs is 2. The highest BCUT2D eigenvalue weighted by molar-refractivity contribution is 5.92. The smallest absolute Gasteiger partial charge is 0.227 e. The van der Waals surface area contributed by atoms with Crippen molar-refractivity contribution in [3.8, 4) is 5.75 Å². The first-order chi connectivity index (χ1) is 11.3. The monoisotopic (exact) mass is 330 g/mol. The summed E-state index contributed by atoms with van der Waals surface area (Å²) in [6.45, 7) is 6.06. The van der Waals surface area contributed by atoms with Gasteiger partial charge in [-0.05, 0) is 82.6 Å². The van der Waals surface area contributed by atoms with Crippen LogP contribution in [0.1, 0.15) is 52.9 Å². The molecular weight excluding hydrogens is 300 g/mol. The highest BCUT2D eigenvalue weighted by atomic mass is 16.5. The molecule has 2 saturated carbocycles. The Bertz CT molecular complexity index is 562. The normalized spacial score (nSPS) is 29.8. The maximum atomic E-state index is 12.6. The van der Waals surface area contributed by atoms with Gasteiger partial charge in [-0.2, -0.15) is 0 Å². The molecule has 1 amide bonds. The topological polar surface area (TPSA) is 64.3 Å². The van der Waals surface area contributed by atoms with E-state index in [2.05, 4.69) is 5.32 Å². The zero-order valence-corrected chi connectivity index (χ0v) is 15.0. The number of carbonyl (C=O) groups is 1. The number of anilines is 1. The van der Waals surface area contributed by atoms with Gasteiger partial charge < -0.3 is 15.8 Å². The molecule has 0 saturated heterocycles. The first-order valence-corrected chi connectivity index (χ1v) is 9.17. The van der Waals surface area contributed by atoms with Crippen LogP contribution in [0, 0.1) is 17.8 Å². The molecule has 1 aromatic rings. The zero-order chi connectivity index (χ0) is 17.3. The first kappa shape index (κ1) is 17.3. The van der Waals surface area contributed by atoms with E-state index in [-0.39, 0.29) is 17.4 Å². The SMILES string of the molecule is CC(C)(C)Oc1ccc(NC(=O)C2CC3CCCC(C2)C3N)cc1. The Balaban J connectivity index is 1.59. The third kappa shape index (κ3) is 4.10.